The summed E-state index contributed by atoms with van der Waals surface area (Å²) in [6.07, 6.45) is 1.80. The second-order valence-electron chi connectivity index (χ2n) is 7.38. The molecule has 6 heteroatoms. The highest BCUT2D eigenvalue weighted by Crippen LogP contribution is 2.47. The number of carbonyl (C=O) groups is 1. The molecule has 2 heterocycles. The summed E-state index contributed by atoms with van der Waals surface area (Å²) in [5, 5.41) is 0. The van der Waals surface area contributed by atoms with Crippen LogP contribution in [0.25, 0.3) is 0 Å². The monoisotopic (exact) mass is 384 g/mol. The van der Waals surface area contributed by atoms with Crippen molar-refractivity contribution in [1.29, 1.82) is 0 Å². The second kappa shape index (κ2) is 7.72. The first kappa shape index (κ1) is 18.6. The third-order valence-corrected chi connectivity index (χ3v) is 5.67. The van der Waals surface area contributed by atoms with E-state index in [-0.39, 0.29) is 18.6 Å². The molecule has 0 amide bonds. The molecule has 0 spiro atoms. The van der Waals surface area contributed by atoms with Gasteiger partial charge in [0.2, 0.25) is 12.5 Å². The Morgan fingerprint density at radius 3 is 2.68 bits per heavy atom. The number of ketones is 1. The lowest BCUT2D eigenvalue weighted by Crippen LogP contribution is -3.10. The molecule has 0 aromatic heterocycles. The minimum Gasteiger partial charge on any atom is -0.497 e. The first-order valence-corrected chi connectivity index (χ1v) is 9.57. The molecule has 2 aromatic carbocycles. The predicted octanol–water partition coefficient (Wildman–Crippen LogP) is 1.75. The third kappa shape index (κ3) is 3.40. The topological polar surface area (TPSA) is 58.4 Å². The Morgan fingerprint density at radius 1 is 1.18 bits per heavy atom. The SMILES string of the molecule is COc1ccc(CC(=O)C[C@@H]2c3c(cc4c(c3OC)OCO4)CC[NH+]2C)cc1. The van der Waals surface area contributed by atoms with Gasteiger partial charge in [-0.1, -0.05) is 12.1 Å². The van der Waals surface area contributed by atoms with Crippen molar-refractivity contribution in [2.24, 2.45) is 0 Å². The van der Waals surface area contributed by atoms with E-state index in [2.05, 4.69) is 7.05 Å². The zero-order valence-electron chi connectivity index (χ0n) is 16.5. The molecule has 4 rings (SSSR count). The summed E-state index contributed by atoms with van der Waals surface area (Å²) >= 11 is 0. The molecule has 0 radical (unpaired) electrons. The molecule has 28 heavy (non-hydrogen) atoms. The maximum Gasteiger partial charge on any atom is 0.231 e. The van der Waals surface area contributed by atoms with Crippen molar-refractivity contribution in [2.75, 3.05) is 34.6 Å². The molecule has 1 N–H and O–H groups in total. The number of ether oxygens (including phenoxy) is 4. The van der Waals surface area contributed by atoms with E-state index in [1.807, 2.05) is 30.3 Å². The minimum absolute atomic E-state index is 0.0407. The van der Waals surface area contributed by atoms with Gasteiger partial charge in [0.05, 0.1) is 39.8 Å². The van der Waals surface area contributed by atoms with Crippen LogP contribution in [-0.4, -0.2) is 40.4 Å². The van der Waals surface area contributed by atoms with E-state index in [4.69, 9.17) is 18.9 Å². The Hall–Kier alpha value is -2.73. The van der Waals surface area contributed by atoms with Crippen LogP contribution in [0, 0.1) is 0 Å². The van der Waals surface area contributed by atoms with E-state index >= 15 is 0 Å². The van der Waals surface area contributed by atoms with E-state index in [0.29, 0.717) is 24.3 Å². The summed E-state index contributed by atoms with van der Waals surface area (Å²) in [5.74, 6) is 3.11. The fourth-order valence-electron chi connectivity index (χ4n) is 4.17. The molecule has 0 bridgehead atoms. The van der Waals surface area contributed by atoms with E-state index in [0.717, 1.165) is 35.6 Å². The van der Waals surface area contributed by atoms with Gasteiger partial charge >= 0.3 is 0 Å². The number of methoxy groups -OCH3 is 2. The van der Waals surface area contributed by atoms with Crippen LogP contribution in [-0.2, 0) is 17.6 Å². The van der Waals surface area contributed by atoms with E-state index < -0.39 is 0 Å². The van der Waals surface area contributed by atoms with Gasteiger partial charge in [-0.25, -0.2) is 0 Å². The summed E-state index contributed by atoms with van der Waals surface area (Å²) in [7, 11) is 5.42. The van der Waals surface area contributed by atoms with Crippen molar-refractivity contribution < 1.29 is 28.6 Å². The van der Waals surface area contributed by atoms with Gasteiger partial charge in [-0.2, -0.15) is 0 Å². The number of likely N-dealkylation sites (N-methyl/N-ethyl adjacent to an activating group) is 1. The van der Waals surface area contributed by atoms with Gasteiger partial charge in [-0.15, -0.1) is 0 Å². The Kier molecular flexibility index (Phi) is 5.13. The smallest absolute Gasteiger partial charge is 0.231 e. The molecular formula is C22H26NO5+. The highest BCUT2D eigenvalue weighted by atomic mass is 16.7. The lowest BCUT2D eigenvalue weighted by Gasteiger charge is -2.32. The number of carbonyl (C=O) groups excluding carboxylic acids is 1. The fraction of sp³-hybridized carbons (Fsp3) is 0.409. The summed E-state index contributed by atoms with van der Waals surface area (Å²) in [5.41, 5.74) is 3.27. The first-order valence-electron chi connectivity index (χ1n) is 9.57. The number of hydrogen-bond acceptors (Lipinski definition) is 5. The van der Waals surface area contributed by atoms with Crippen molar-refractivity contribution in [2.45, 2.75) is 25.3 Å². The summed E-state index contributed by atoms with van der Waals surface area (Å²) in [4.78, 5) is 14.2. The lowest BCUT2D eigenvalue weighted by atomic mass is 9.87. The second-order valence-corrected chi connectivity index (χ2v) is 7.38. The molecule has 0 aliphatic carbocycles. The van der Waals surface area contributed by atoms with Crippen molar-refractivity contribution in [3.8, 4) is 23.0 Å². The van der Waals surface area contributed by atoms with Gasteiger partial charge in [0.25, 0.3) is 0 Å². The summed E-state index contributed by atoms with van der Waals surface area (Å²) in [6.45, 7) is 1.18. The Bertz CT molecular complexity index is 877. The number of Topliss-reactive ketones (excluding diaryl/α,β-unsaturated/α-hetero) is 1. The first-order chi connectivity index (χ1) is 13.6. The largest absolute Gasteiger partial charge is 0.497 e. The van der Waals surface area contributed by atoms with Gasteiger partial charge in [0.15, 0.2) is 11.5 Å². The van der Waals surface area contributed by atoms with Crippen LogP contribution in [0.1, 0.15) is 29.2 Å². The number of nitrogens with one attached hydrogen (secondary N) is 1. The molecule has 0 fully saturated rings. The van der Waals surface area contributed by atoms with Crippen LogP contribution < -0.4 is 23.8 Å². The molecule has 2 aliphatic rings. The molecule has 6 nitrogen and oxygen atoms in total. The minimum atomic E-state index is 0.0407. The molecule has 2 atom stereocenters. The summed E-state index contributed by atoms with van der Waals surface area (Å²) in [6, 6.07) is 9.76. The van der Waals surface area contributed by atoms with E-state index in [9.17, 15) is 4.79 Å². The molecule has 0 saturated heterocycles. The van der Waals surface area contributed by atoms with Gasteiger partial charge in [0.1, 0.15) is 17.6 Å². The van der Waals surface area contributed by atoms with Gasteiger partial charge in [-0.05, 0) is 29.3 Å². The molecule has 0 saturated carbocycles. The predicted molar refractivity (Wildman–Crippen MR) is 104 cm³/mol. The van der Waals surface area contributed by atoms with Gasteiger partial charge in [-0.3, -0.25) is 4.79 Å². The van der Waals surface area contributed by atoms with Crippen LogP contribution in [0.3, 0.4) is 0 Å². The van der Waals surface area contributed by atoms with Crippen LogP contribution in [0.15, 0.2) is 30.3 Å². The van der Waals surface area contributed by atoms with Crippen molar-refractivity contribution >= 4 is 5.78 Å². The van der Waals surface area contributed by atoms with Crippen LogP contribution in [0.2, 0.25) is 0 Å². The highest BCUT2D eigenvalue weighted by molar-refractivity contribution is 5.82. The number of fused-ring (bicyclic) bond motifs is 2. The normalized spacial score (nSPS) is 19.8. The van der Waals surface area contributed by atoms with E-state index in [1.54, 1.807) is 14.2 Å². The van der Waals surface area contributed by atoms with Crippen LogP contribution in [0.4, 0.5) is 0 Å². The molecule has 2 aromatic rings. The van der Waals surface area contributed by atoms with Gasteiger partial charge in [0, 0.05) is 12.8 Å². The van der Waals surface area contributed by atoms with Crippen molar-refractivity contribution in [3.63, 3.8) is 0 Å². The number of benzene rings is 2. The fourth-order valence-corrected chi connectivity index (χ4v) is 4.17. The Labute approximate surface area is 165 Å². The van der Waals surface area contributed by atoms with Crippen molar-refractivity contribution in [3.05, 3.63) is 47.0 Å². The number of rotatable bonds is 6. The molecule has 1 unspecified atom stereocenters. The average molecular weight is 384 g/mol. The van der Waals surface area contributed by atoms with Crippen LogP contribution >= 0.6 is 0 Å². The van der Waals surface area contributed by atoms with Crippen LogP contribution in [0.5, 0.6) is 23.0 Å². The maximum absolute atomic E-state index is 12.9. The maximum atomic E-state index is 12.9. The standard InChI is InChI=1S/C22H25NO5/c1-23-9-8-15-11-19-21(28-13-27-19)22(26-3)20(15)18(23)12-16(24)10-14-4-6-17(25-2)7-5-14/h4-7,11,18H,8-10,12-13H2,1-3H3/p+1/t18-/m1/s1. The lowest BCUT2D eigenvalue weighted by molar-refractivity contribution is -0.914. The third-order valence-electron chi connectivity index (χ3n) is 5.67. The van der Waals surface area contributed by atoms with Crippen molar-refractivity contribution in [1.82, 2.24) is 0 Å². The number of quaternary nitrogens is 1. The molecule has 2 aliphatic heterocycles. The Balaban J connectivity index is 1.59. The summed E-state index contributed by atoms with van der Waals surface area (Å²) < 4.78 is 22.1. The zero-order chi connectivity index (χ0) is 19.7. The molecular weight excluding hydrogens is 358 g/mol. The van der Waals surface area contributed by atoms with Gasteiger partial charge < -0.3 is 23.8 Å². The van der Waals surface area contributed by atoms with E-state index in [1.165, 1.54) is 10.5 Å². The quantitative estimate of drug-likeness (QED) is 0.822. The average Bonchev–Trinajstić information content (AvgIpc) is 3.17. The Morgan fingerprint density at radius 2 is 1.96 bits per heavy atom. The number of hydrogen-bond donors (Lipinski definition) is 1. The highest BCUT2D eigenvalue weighted by Gasteiger charge is 2.37. The zero-order valence-corrected chi connectivity index (χ0v) is 16.5. The molecule has 148 valence electrons.